The van der Waals surface area contributed by atoms with Crippen LogP contribution in [0.25, 0.3) is 0 Å². The van der Waals surface area contributed by atoms with Crippen LogP contribution in [0.1, 0.15) is 28.8 Å². The first kappa shape index (κ1) is 18.0. The van der Waals surface area contributed by atoms with Crippen molar-refractivity contribution in [2.45, 2.75) is 19.3 Å². The molecule has 0 radical (unpaired) electrons. The Morgan fingerprint density at radius 1 is 1.08 bits per heavy atom. The number of amides is 2. The summed E-state index contributed by atoms with van der Waals surface area (Å²) in [7, 11) is 0. The van der Waals surface area contributed by atoms with Gasteiger partial charge in [0.25, 0.3) is 5.91 Å². The summed E-state index contributed by atoms with van der Waals surface area (Å²) >= 11 is 0. The number of benzene rings is 2. The summed E-state index contributed by atoms with van der Waals surface area (Å²) in [5, 5.41) is 2.99. The largest absolute Gasteiger partial charge is 0.399 e. The van der Waals surface area contributed by atoms with Gasteiger partial charge < -0.3 is 16.0 Å². The van der Waals surface area contributed by atoms with Crippen molar-refractivity contribution in [3.05, 3.63) is 65.7 Å². The number of hydrogen-bond acceptors (Lipinski definition) is 3. The summed E-state index contributed by atoms with van der Waals surface area (Å²) in [4.78, 5) is 26.7. The van der Waals surface area contributed by atoms with E-state index in [1.807, 2.05) is 47.4 Å². The van der Waals surface area contributed by atoms with Crippen LogP contribution in [0.15, 0.2) is 54.6 Å². The highest BCUT2D eigenvalue weighted by Crippen LogP contribution is 2.17. The predicted molar refractivity (Wildman–Crippen MR) is 103 cm³/mol. The fourth-order valence-electron chi connectivity index (χ4n) is 3.31. The van der Waals surface area contributed by atoms with Crippen LogP contribution in [0, 0.1) is 5.92 Å². The number of rotatable bonds is 5. The van der Waals surface area contributed by atoms with E-state index in [9.17, 15) is 9.59 Å². The van der Waals surface area contributed by atoms with Gasteiger partial charge in [0.05, 0.1) is 6.42 Å². The number of hydrogen-bond donors (Lipinski definition) is 2. The Morgan fingerprint density at radius 3 is 2.54 bits per heavy atom. The SMILES string of the molecule is Nc1ccc(CC(=O)N2CCCC(CNC(=O)c3ccccc3)C2)cc1. The number of piperidine rings is 1. The minimum absolute atomic E-state index is 0.0593. The van der Waals surface area contributed by atoms with Crippen LogP contribution >= 0.6 is 0 Å². The van der Waals surface area contributed by atoms with Crippen molar-refractivity contribution < 1.29 is 9.59 Å². The van der Waals surface area contributed by atoms with Gasteiger partial charge in [-0.25, -0.2) is 0 Å². The van der Waals surface area contributed by atoms with E-state index in [1.165, 1.54) is 0 Å². The monoisotopic (exact) mass is 351 g/mol. The van der Waals surface area contributed by atoms with E-state index in [0.29, 0.717) is 36.7 Å². The van der Waals surface area contributed by atoms with Gasteiger partial charge in [-0.15, -0.1) is 0 Å². The third kappa shape index (κ3) is 4.85. The maximum Gasteiger partial charge on any atom is 0.251 e. The van der Waals surface area contributed by atoms with E-state index in [0.717, 1.165) is 24.9 Å². The molecule has 0 saturated carbocycles. The molecule has 136 valence electrons. The van der Waals surface area contributed by atoms with Gasteiger partial charge in [-0.05, 0) is 48.6 Å². The normalized spacial score (nSPS) is 16.9. The molecule has 0 spiro atoms. The van der Waals surface area contributed by atoms with Crippen molar-refractivity contribution in [2.75, 3.05) is 25.4 Å². The van der Waals surface area contributed by atoms with E-state index >= 15 is 0 Å². The second kappa shape index (κ2) is 8.52. The summed E-state index contributed by atoms with van der Waals surface area (Å²) in [6.07, 6.45) is 2.39. The second-order valence-electron chi connectivity index (χ2n) is 6.84. The fourth-order valence-corrected chi connectivity index (χ4v) is 3.31. The quantitative estimate of drug-likeness (QED) is 0.813. The van der Waals surface area contributed by atoms with Crippen molar-refractivity contribution in [1.29, 1.82) is 0 Å². The molecule has 2 aromatic rings. The standard InChI is InChI=1S/C21H25N3O2/c22-19-10-8-16(9-11-19)13-20(25)24-12-4-5-17(15-24)14-23-21(26)18-6-2-1-3-7-18/h1-3,6-11,17H,4-5,12-15,22H2,(H,23,26). The molecule has 0 bridgehead atoms. The Hall–Kier alpha value is -2.82. The van der Waals surface area contributed by atoms with E-state index in [2.05, 4.69) is 5.32 Å². The van der Waals surface area contributed by atoms with E-state index < -0.39 is 0 Å². The van der Waals surface area contributed by atoms with Gasteiger partial charge in [-0.2, -0.15) is 0 Å². The lowest BCUT2D eigenvalue weighted by atomic mass is 9.97. The molecule has 2 amide bonds. The minimum Gasteiger partial charge on any atom is -0.399 e. The molecule has 1 unspecified atom stereocenters. The first-order valence-corrected chi connectivity index (χ1v) is 9.07. The molecule has 3 rings (SSSR count). The Bertz CT molecular complexity index is 744. The lowest BCUT2D eigenvalue weighted by molar-refractivity contribution is -0.132. The van der Waals surface area contributed by atoms with Gasteiger partial charge in [-0.3, -0.25) is 9.59 Å². The zero-order chi connectivity index (χ0) is 18.4. The Balaban J connectivity index is 1.49. The number of anilines is 1. The summed E-state index contributed by atoms with van der Waals surface area (Å²) < 4.78 is 0. The van der Waals surface area contributed by atoms with Crippen molar-refractivity contribution >= 4 is 17.5 Å². The van der Waals surface area contributed by atoms with Crippen LogP contribution < -0.4 is 11.1 Å². The average Bonchev–Trinajstić information content (AvgIpc) is 2.69. The first-order chi connectivity index (χ1) is 12.6. The van der Waals surface area contributed by atoms with Gasteiger partial charge in [0.2, 0.25) is 5.91 Å². The van der Waals surface area contributed by atoms with Crippen molar-refractivity contribution in [3.63, 3.8) is 0 Å². The summed E-state index contributed by atoms with van der Waals surface area (Å²) in [6.45, 7) is 2.08. The molecule has 1 fully saturated rings. The summed E-state index contributed by atoms with van der Waals surface area (Å²) in [6, 6.07) is 16.6. The van der Waals surface area contributed by atoms with E-state index in [-0.39, 0.29) is 11.8 Å². The molecule has 26 heavy (non-hydrogen) atoms. The molecule has 1 saturated heterocycles. The lowest BCUT2D eigenvalue weighted by Gasteiger charge is -2.33. The van der Waals surface area contributed by atoms with Gasteiger partial charge in [0.15, 0.2) is 0 Å². The molecule has 3 N–H and O–H groups in total. The Kier molecular flexibility index (Phi) is 5.89. The van der Waals surface area contributed by atoms with Gasteiger partial charge in [-0.1, -0.05) is 30.3 Å². The summed E-state index contributed by atoms with van der Waals surface area (Å²) in [5.41, 5.74) is 8.03. The van der Waals surface area contributed by atoms with Crippen LogP contribution in [-0.4, -0.2) is 36.3 Å². The van der Waals surface area contributed by atoms with Crippen LogP contribution in [0.5, 0.6) is 0 Å². The van der Waals surface area contributed by atoms with Crippen molar-refractivity contribution in [2.24, 2.45) is 5.92 Å². The Morgan fingerprint density at radius 2 is 1.81 bits per heavy atom. The molecule has 2 aromatic carbocycles. The highest BCUT2D eigenvalue weighted by molar-refractivity contribution is 5.94. The maximum atomic E-state index is 12.6. The molecular formula is C21H25N3O2. The summed E-state index contributed by atoms with van der Waals surface area (Å²) in [5.74, 6) is 0.372. The molecule has 1 aliphatic rings. The first-order valence-electron chi connectivity index (χ1n) is 9.07. The maximum absolute atomic E-state index is 12.6. The third-order valence-electron chi connectivity index (χ3n) is 4.79. The molecule has 0 aliphatic carbocycles. The van der Waals surface area contributed by atoms with Crippen LogP contribution in [0.2, 0.25) is 0 Å². The highest BCUT2D eigenvalue weighted by Gasteiger charge is 2.24. The molecule has 1 heterocycles. The highest BCUT2D eigenvalue weighted by atomic mass is 16.2. The number of nitrogen functional groups attached to an aromatic ring is 1. The minimum atomic E-state index is -0.0593. The number of nitrogens with two attached hydrogens (primary N) is 1. The van der Waals surface area contributed by atoms with Gasteiger partial charge >= 0.3 is 0 Å². The molecule has 0 aromatic heterocycles. The smallest absolute Gasteiger partial charge is 0.251 e. The topological polar surface area (TPSA) is 75.4 Å². The van der Waals surface area contributed by atoms with E-state index in [1.54, 1.807) is 12.1 Å². The second-order valence-corrected chi connectivity index (χ2v) is 6.84. The molecule has 5 nitrogen and oxygen atoms in total. The number of carbonyl (C=O) groups is 2. The zero-order valence-electron chi connectivity index (χ0n) is 14.9. The number of nitrogens with zero attached hydrogens (tertiary/aromatic N) is 1. The molecular weight excluding hydrogens is 326 g/mol. The molecule has 1 atom stereocenters. The van der Waals surface area contributed by atoms with Crippen LogP contribution in [-0.2, 0) is 11.2 Å². The predicted octanol–water partition coefficient (Wildman–Crippen LogP) is 2.48. The average molecular weight is 351 g/mol. The molecule has 5 heteroatoms. The number of nitrogens with one attached hydrogen (secondary N) is 1. The van der Waals surface area contributed by atoms with Gasteiger partial charge in [0.1, 0.15) is 0 Å². The molecule has 1 aliphatic heterocycles. The van der Waals surface area contributed by atoms with Crippen LogP contribution in [0.3, 0.4) is 0 Å². The Labute approximate surface area is 154 Å². The van der Waals surface area contributed by atoms with E-state index in [4.69, 9.17) is 5.73 Å². The zero-order valence-corrected chi connectivity index (χ0v) is 14.9. The van der Waals surface area contributed by atoms with Gasteiger partial charge in [0, 0.05) is 30.9 Å². The fraction of sp³-hybridized carbons (Fsp3) is 0.333. The number of likely N-dealkylation sites (tertiary alicyclic amines) is 1. The van der Waals surface area contributed by atoms with Crippen LogP contribution in [0.4, 0.5) is 5.69 Å². The third-order valence-corrected chi connectivity index (χ3v) is 4.79. The van der Waals surface area contributed by atoms with Crippen molar-refractivity contribution in [3.8, 4) is 0 Å². The lowest BCUT2D eigenvalue weighted by Crippen LogP contribution is -2.44. The van der Waals surface area contributed by atoms with Crippen molar-refractivity contribution in [1.82, 2.24) is 10.2 Å². The number of carbonyl (C=O) groups excluding carboxylic acids is 2.